The first-order valence-corrected chi connectivity index (χ1v) is 10.8. The third-order valence-electron chi connectivity index (χ3n) is 6.62. The van der Waals surface area contributed by atoms with Crippen LogP contribution in [0.4, 0.5) is 23.2 Å². The van der Waals surface area contributed by atoms with E-state index in [0.29, 0.717) is 23.1 Å². The van der Waals surface area contributed by atoms with E-state index >= 15 is 4.39 Å². The van der Waals surface area contributed by atoms with Crippen LogP contribution in [0.25, 0.3) is 27.7 Å². The Morgan fingerprint density at radius 2 is 1.91 bits per heavy atom. The number of aryl methyl sites for hydroxylation is 1. The number of nitrogens with one attached hydrogen (secondary N) is 2. The molecule has 0 bridgehead atoms. The van der Waals surface area contributed by atoms with Gasteiger partial charge >= 0.3 is 6.18 Å². The molecule has 0 atom stereocenters. The minimum Gasteiger partial charge on any atom is -0.371 e. The maximum atomic E-state index is 15.6. The molecule has 1 saturated carbocycles. The van der Waals surface area contributed by atoms with Gasteiger partial charge in [0.1, 0.15) is 11.6 Å². The van der Waals surface area contributed by atoms with Crippen molar-refractivity contribution in [1.29, 1.82) is 0 Å². The summed E-state index contributed by atoms with van der Waals surface area (Å²) >= 11 is 0. The van der Waals surface area contributed by atoms with Crippen LogP contribution >= 0.6 is 0 Å². The van der Waals surface area contributed by atoms with Crippen molar-refractivity contribution in [2.75, 3.05) is 5.32 Å². The zero-order valence-corrected chi connectivity index (χ0v) is 18.2. The van der Waals surface area contributed by atoms with Crippen LogP contribution in [0.3, 0.4) is 0 Å². The second-order valence-electron chi connectivity index (χ2n) is 9.40. The molecule has 33 heavy (non-hydrogen) atoms. The Hall–Kier alpha value is -3.36. The number of H-pyrrole nitrogens is 1. The fraction of sp³-hybridized carbons (Fsp3) is 0.333. The van der Waals surface area contributed by atoms with Crippen molar-refractivity contribution in [3.05, 3.63) is 59.1 Å². The second kappa shape index (κ2) is 6.36. The number of nitrogens with zero attached hydrogens (tertiary/aromatic N) is 3. The lowest BCUT2D eigenvalue weighted by molar-refractivity contribution is -0.137. The Kier molecular flexibility index (Phi) is 3.91. The molecule has 1 aliphatic heterocycles. The lowest BCUT2D eigenvalue weighted by Gasteiger charge is -2.36. The minimum absolute atomic E-state index is 0.0568. The van der Waals surface area contributed by atoms with E-state index < -0.39 is 28.7 Å². The number of aromatic nitrogens is 4. The topological polar surface area (TPSA) is 58.5 Å². The molecule has 2 aromatic carbocycles. The number of para-hydroxylation sites is 1. The van der Waals surface area contributed by atoms with Gasteiger partial charge in [0.05, 0.1) is 28.0 Å². The van der Waals surface area contributed by atoms with E-state index in [1.165, 1.54) is 10.6 Å². The normalized spacial score (nSPS) is 17.1. The van der Waals surface area contributed by atoms with Crippen LogP contribution < -0.4 is 5.32 Å². The van der Waals surface area contributed by atoms with E-state index in [1.807, 2.05) is 12.3 Å². The number of rotatable bonds is 2. The van der Waals surface area contributed by atoms with Gasteiger partial charge in [-0.25, -0.2) is 4.39 Å². The van der Waals surface area contributed by atoms with Gasteiger partial charge in [0, 0.05) is 22.7 Å². The fourth-order valence-corrected chi connectivity index (χ4v) is 5.05. The summed E-state index contributed by atoms with van der Waals surface area (Å²) in [7, 11) is 0. The molecule has 5 nitrogen and oxygen atoms in total. The highest BCUT2D eigenvalue weighted by molar-refractivity contribution is 5.99. The van der Waals surface area contributed by atoms with Crippen LogP contribution in [-0.2, 0) is 11.7 Å². The molecule has 0 unspecified atom stereocenters. The number of hydrogen-bond donors (Lipinski definition) is 2. The quantitative estimate of drug-likeness (QED) is 0.343. The minimum atomic E-state index is -4.83. The summed E-state index contributed by atoms with van der Waals surface area (Å²) < 4.78 is 61.1. The Balaban J connectivity index is 1.72. The van der Waals surface area contributed by atoms with Gasteiger partial charge in [0.25, 0.3) is 0 Å². The molecule has 2 aromatic heterocycles. The average molecular weight is 455 g/mol. The summed E-state index contributed by atoms with van der Waals surface area (Å²) in [4.78, 5) is 3.12. The van der Waals surface area contributed by atoms with Crippen molar-refractivity contribution in [3.63, 3.8) is 0 Å². The molecule has 0 saturated heterocycles. The van der Waals surface area contributed by atoms with Crippen molar-refractivity contribution in [2.24, 2.45) is 0 Å². The van der Waals surface area contributed by atoms with E-state index in [0.717, 1.165) is 29.9 Å². The maximum absolute atomic E-state index is 15.6. The highest BCUT2D eigenvalue weighted by Crippen LogP contribution is 2.51. The molecule has 0 radical (unpaired) electrons. The molecular weight excluding hydrogens is 434 g/mol. The summed E-state index contributed by atoms with van der Waals surface area (Å²) in [6.45, 7) is 5.14. The Bertz CT molecular complexity index is 1440. The molecule has 3 heterocycles. The first-order valence-electron chi connectivity index (χ1n) is 10.8. The number of benzene rings is 2. The standard InChI is InChI=1S/C24H21F4N5/c1-11-31-32-22-23(2,3)30-17-9-16(25)18(19(24(26,27)28)21(17)33(11)22)14-6-4-5-13-15(12-7-8-12)10-29-20(13)14/h4-6,9-10,12,29-30H,7-8H2,1-3H3. The molecule has 0 amide bonds. The van der Waals surface area contributed by atoms with Crippen molar-refractivity contribution in [3.8, 4) is 16.8 Å². The van der Waals surface area contributed by atoms with Gasteiger partial charge in [0.2, 0.25) is 0 Å². The van der Waals surface area contributed by atoms with Gasteiger partial charge in [0.15, 0.2) is 5.82 Å². The van der Waals surface area contributed by atoms with Crippen molar-refractivity contribution in [2.45, 2.75) is 51.2 Å². The van der Waals surface area contributed by atoms with Crippen LogP contribution in [0.2, 0.25) is 0 Å². The highest BCUT2D eigenvalue weighted by Gasteiger charge is 2.45. The molecule has 170 valence electrons. The van der Waals surface area contributed by atoms with E-state index in [9.17, 15) is 13.2 Å². The van der Waals surface area contributed by atoms with Crippen molar-refractivity contribution in [1.82, 2.24) is 19.7 Å². The SMILES string of the molecule is Cc1nnc2n1-c1c(cc(F)c(-c3cccc4c(C5CC5)c[nH]c34)c1C(F)(F)F)NC2(C)C. The summed E-state index contributed by atoms with van der Waals surface area (Å²) in [5.41, 5.74) is -0.708. The fourth-order valence-electron chi connectivity index (χ4n) is 5.05. The number of hydrogen-bond acceptors (Lipinski definition) is 3. The zero-order valence-electron chi connectivity index (χ0n) is 18.2. The van der Waals surface area contributed by atoms with Gasteiger partial charge in [-0.05, 0) is 51.2 Å². The Morgan fingerprint density at radius 1 is 1.15 bits per heavy atom. The Labute approximate surface area is 186 Å². The summed E-state index contributed by atoms with van der Waals surface area (Å²) in [5, 5.41) is 12.0. The summed E-state index contributed by atoms with van der Waals surface area (Å²) in [5.74, 6) is 0.106. The maximum Gasteiger partial charge on any atom is 0.419 e. The van der Waals surface area contributed by atoms with E-state index in [4.69, 9.17) is 0 Å². The summed E-state index contributed by atoms with van der Waals surface area (Å²) in [6.07, 6.45) is -0.890. The van der Waals surface area contributed by atoms with Gasteiger partial charge in [-0.2, -0.15) is 13.2 Å². The smallest absolute Gasteiger partial charge is 0.371 e. The number of anilines is 1. The molecule has 6 rings (SSSR count). The largest absolute Gasteiger partial charge is 0.419 e. The molecule has 2 N–H and O–H groups in total. The molecule has 1 fully saturated rings. The number of alkyl halides is 3. The third-order valence-corrected chi connectivity index (χ3v) is 6.62. The van der Waals surface area contributed by atoms with Crippen LogP contribution in [0.15, 0.2) is 30.5 Å². The Morgan fingerprint density at radius 3 is 2.61 bits per heavy atom. The first kappa shape index (κ1) is 20.3. The lowest BCUT2D eigenvalue weighted by Crippen LogP contribution is -2.37. The molecule has 2 aliphatic rings. The molecule has 4 aromatic rings. The van der Waals surface area contributed by atoms with E-state index in [2.05, 4.69) is 20.5 Å². The van der Waals surface area contributed by atoms with Gasteiger partial charge in [-0.1, -0.05) is 18.2 Å². The van der Waals surface area contributed by atoms with Crippen LogP contribution in [-0.4, -0.2) is 19.7 Å². The molecular formula is C24H21F4N5. The van der Waals surface area contributed by atoms with Crippen molar-refractivity contribution < 1.29 is 17.6 Å². The van der Waals surface area contributed by atoms with Crippen LogP contribution in [0.5, 0.6) is 0 Å². The predicted molar refractivity (Wildman–Crippen MR) is 117 cm³/mol. The van der Waals surface area contributed by atoms with Crippen LogP contribution in [0, 0.1) is 12.7 Å². The first-order chi connectivity index (χ1) is 15.6. The monoisotopic (exact) mass is 455 g/mol. The predicted octanol–water partition coefficient (Wildman–Crippen LogP) is 6.42. The highest BCUT2D eigenvalue weighted by atomic mass is 19.4. The van der Waals surface area contributed by atoms with Gasteiger partial charge < -0.3 is 10.3 Å². The second-order valence-corrected chi connectivity index (χ2v) is 9.40. The number of aromatic amines is 1. The lowest BCUT2D eigenvalue weighted by atomic mass is 9.91. The molecule has 0 spiro atoms. The van der Waals surface area contributed by atoms with Crippen LogP contribution in [0.1, 0.15) is 55.4 Å². The van der Waals surface area contributed by atoms with E-state index in [-0.39, 0.29) is 16.9 Å². The van der Waals surface area contributed by atoms with Crippen molar-refractivity contribution >= 4 is 16.6 Å². The zero-order chi connectivity index (χ0) is 23.3. The number of halogens is 4. The van der Waals surface area contributed by atoms with Gasteiger partial charge in [-0.15, -0.1) is 10.2 Å². The summed E-state index contributed by atoms with van der Waals surface area (Å²) in [6, 6.07) is 6.25. The molecule has 9 heteroatoms. The molecule has 1 aliphatic carbocycles. The average Bonchev–Trinajstić information content (AvgIpc) is 3.34. The van der Waals surface area contributed by atoms with E-state index in [1.54, 1.807) is 26.8 Å². The number of fused-ring (bicyclic) bond motifs is 4. The third kappa shape index (κ3) is 2.84. The van der Waals surface area contributed by atoms with Gasteiger partial charge in [-0.3, -0.25) is 4.57 Å².